The number of carbonyl (C=O) groups is 2. The highest BCUT2D eigenvalue weighted by Gasteiger charge is 2.40. The van der Waals surface area contributed by atoms with E-state index in [-0.39, 0.29) is 24.3 Å². The Balaban J connectivity index is 1.95. The van der Waals surface area contributed by atoms with Crippen molar-refractivity contribution in [1.82, 2.24) is 15.5 Å². The summed E-state index contributed by atoms with van der Waals surface area (Å²) < 4.78 is 4.80. The minimum Gasteiger partial charge on any atom is -0.375 e. The summed E-state index contributed by atoms with van der Waals surface area (Å²) >= 11 is 0. The highest BCUT2D eigenvalue weighted by atomic mass is 16.5. The van der Waals surface area contributed by atoms with E-state index in [9.17, 15) is 9.59 Å². The first-order chi connectivity index (χ1) is 9.52. The van der Waals surface area contributed by atoms with Gasteiger partial charge in [0.1, 0.15) is 12.6 Å². The fourth-order valence-corrected chi connectivity index (χ4v) is 3.09. The molecule has 6 nitrogen and oxygen atoms in total. The molecule has 3 atom stereocenters. The Morgan fingerprint density at radius 1 is 1.30 bits per heavy atom. The molecule has 0 radical (unpaired) electrons. The smallest absolute Gasteiger partial charge is 0.246 e. The van der Waals surface area contributed by atoms with Crippen molar-refractivity contribution in [3.63, 3.8) is 0 Å². The second kappa shape index (κ2) is 6.54. The summed E-state index contributed by atoms with van der Waals surface area (Å²) in [6.45, 7) is 7.50. The lowest BCUT2D eigenvalue weighted by molar-refractivity contribution is -0.138. The lowest BCUT2D eigenvalue weighted by Crippen LogP contribution is -2.51. The minimum absolute atomic E-state index is 0.00826. The summed E-state index contributed by atoms with van der Waals surface area (Å²) in [7, 11) is 1.47. The van der Waals surface area contributed by atoms with Crippen molar-refractivity contribution in [2.24, 2.45) is 17.8 Å². The first kappa shape index (κ1) is 15.3. The number of fused-ring (bicyclic) bond motifs is 1. The van der Waals surface area contributed by atoms with Crippen LogP contribution in [0.2, 0.25) is 0 Å². The lowest BCUT2D eigenvalue weighted by atomic mass is 10.0. The van der Waals surface area contributed by atoms with E-state index in [4.69, 9.17) is 4.74 Å². The van der Waals surface area contributed by atoms with Gasteiger partial charge in [-0.3, -0.25) is 9.59 Å². The number of hydrogen-bond donors (Lipinski definition) is 2. The van der Waals surface area contributed by atoms with E-state index in [0.717, 1.165) is 26.2 Å². The molecular weight excluding hydrogens is 258 g/mol. The monoisotopic (exact) mass is 283 g/mol. The quantitative estimate of drug-likeness (QED) is 0.710. The second-order valence-electron chi connectivity index (χ2n) is 6.14. The fourth-order valence-electron chi connectivity index (χ4n) is 3.09. The number of carbonyl (C=O) groups excluding carboxylic acids is 2. The van der Waals surface area contributed by atoms with Gasteiger partial charge in [-0.1, -0.05) is 13.8 Å². The van der Waals surface area contributed by atoms with Crippen molar-refractivity contribution in [3.8, 4) is 0 Å². The Bertz CT molecular complexity index is 361. The number of ether oxygens (including phenoxy) is 1. The molecule has 2 heterocycles. The van der Waals surface area contributed by atoms with Crippen LogP contribution in [0.4, 0.5) is 0 Å². The lowest BCUT2D eigenvalue weighted by Gasteiger charge is -2.27. The molecule has 2 fully saturated rings. The van der Waals surface area contributed by atoms with E-state index in [1.54, 1.807) is 0 Å². The molecule has 0 aromatic rings. The van der Waals surface area contributed by atoms with Gasteiger partial charge in [-0.15, -0.1) is 0 Å². The third-order valence-electron chi connectivity index (χ3n) is 4.23. The van der Waals surface area contributed by atoms with Gasteiger partial charge in [-0.25, -0.2) is 0 Å². The summed E-state index contributed by atoms with van der Waals surface area (Å²) in [6.07, 6.45) is 0. The van der Waals surface area contributed by atoms with Crippen molar-refractivity contribution in [1.29, 1.82) is 0 Å². The molecule has 0 saturated carbocycles. The van der Waals surface area contributed by atoms with Gasteiger partial charge in [0.2, 0.25) is 11.8 Å². The number of rotatable bonds is 5. The average Bonchev–Trinajstić information content (AvgIpc) is 2.95. The Morgan fingerprint density at radius 2 is 1.90 bits per heavy atom. The van der Waals surface area contributed by atoms with E-state index >= 15 is 0 Å². The molecule has 0 aliphatic carbocycles. The van der Waals surface area contributed by atoms with Crippen molar-refractivity contribution in [2.45, 2.75) is 19.9 Å². The highest BCUT2D eigenvalue weighted by molar-refractivity contribution is 5.88. The Labute approximate surface area is 120 Å². The van der Waals surface area contributed by atoms with Crippen LogP contribution in [0.25, 0.3) is 0 Å². The standard InChI is InChI=1S/C14H25N3O3/c1-9(2)13(16-12(18)8-20-3)14(19)17-6-10-4-15-5-11(10)7-17/h9-11,13,15H,4-8H2,1-3H3,(H,16,18)/t10-,11+,13-/m0/s1. The normalized spacial score (nSPS) is 26.7. The SMILES string of the molecule is COCC(=O)N[C@H](C(=O)N1C[C@H]2CNC[C@H]2C1)C(C)C. The van der Waals surface area contributed by atoms with Crippen LogP contribution in [-0.2, 0) is 14.3 Å². The maximum absolute atomic E-state index is 12.6. The molecule has 0 spiro atoms. The van der Waals surface area contributed by atoms with Crippen molar-refractivity contribution < 1.29 is 14.3 Å². The molecule has 0 unspecified atom stereocenters. The van der Waals surface area contributed by atoms with Crippen LogP contribution in [0.3, 0.4) is 0 Å². The number of nitrogens with one attached hydrogen (secondary N) is 2. The zero-order chi connectivity index (χ0) is 14.7. The predicted octanol–water partition coefficient (Wildman–Crippen LogP) is -0.549. The van der Waals surface area contributed by atoms with Gasteiger partial charge < -0.3 is 20.3 Å². The first-order valence-corrected chi connectivity index (χ1v) is 7.30. The summed E-state index contributed by atoms with van der Waals surface area (Å²) in [5, 5.41) is 6.15. The molecule has 0 aromatic carbocycles. The molecule has 114 valence electrons. The van der Waals surface area contributed by atoms with Gasteiger partial charge in [0.25, 0.3) is 0 Å². The van der Waals surface area contributed by atoms with E-state index in [0.29, 0.717) is 11.8 Å². The van der Waals surface area contributed by atoms with Crippen molar-refractivity contribution >= 4 is 11.8 Å². The number of methoxy groups -OCH3 is 1. The topological polar surface area (TPSA) is 70.7 Å². The van der Waals surface area contributed by atoms with Gasteiger partial charge in [-0.2, -0.15) is 0 Å². The molecule has 2 aliphatic rings. The molecule has 6 heteroatoms. The fraction of sp³-hybridized carbons (Fsp3) is 0.857. The summed E-state index contributed by atoms with van der Waals surface area (Å²) in [6, 6.07) is -0.454. The zero-order valence-corrected chi connectivity index (χ0v) is 12.5. The summed E-state index contributed by atoms with van der Waals surface area (Å²) in [5.74, 6) is 1.02. The Hall–Kier alpha value is -1.14. The van der Waals surface area contributed by atoms with Crippen LogP contribution in [0.15, 0.2) is 0 Å². The number of amides is 2. The molecule has 20 heavy (non-hydrogen) atoms. The molecule has 2 amide bonds. The minimum atomic E-state index is -0.454. The third-order valence-corrected chi connectivity index (χ3v) is 4.23. The first-order valence-electron chi connectivity index (χ1n) is 7.30. The van der Waals surface area contributed by atoms with Gasteiger partial charge >= 0.3 is 0 Å². The number of hydrogen-bond acceptors (Lipinski definition) is 4. The van der Waals surface area contributed by atoms with Crippen LogP contribution < -0.4 is 10.6 Å². The van der Waals surface area contributed by atoms with Crippen LogP contribution in [0, 0.1) is 17.8 Å². The van der Waals surface area contributed by atoms with Gasteiger partial charge in [0.05, 0.1) is 0 Å². The van der Waals surface area contributed by atoms with Crippen LogP contribution in [0.1, 0.15) is 13.8 Å². The van der Waals surface area contributed by atoms with Crippen molar-refractivity contribution in [3.05, 3.63) is 0 Å². The van der Waals surface area contributed by atoms with Crippen LogP contribution in [0.5, 0.6) is 0 Å². The van der Waals surface area contributed by atoms with Gasteiger partial charge in [0, 0.05) is 33.3 Å². The van der Waals surface area contributed by atoms with Crippen LogP contribution in [-0.4, -0.2) is 62.7 Å². The molecule has 2 N–H and O–H groups in total. The summed E-state index contributed by atoms with van der Waals surface area (Å²) in [4.78, 5) is 26.2. The maximum atomic E-state index is 12.6. The van der Waals surface area contributed by atoms with Gasteiger partial charge in [0.15, 0.2) is 0 Å². The highest BCUT2D eigenvalue weighted by Crippen LogP contribution is 2.27. The second-order valence-corrected chi connectivity index (χ2v) is 6.14. The Kier molecular flexibility index (Phi) is 4.99. The molecule has 2 rings (SSSR count). The zero-order valence-electron chi connectivity index (χ0n) is 12.5. The molecular formula is C14H25N3O3. The predicted molar refractivity (Wildman–Crippen MR) is 75.1 cm³/mol. The summed E-state index contributed by atoms with van der Waals surface area (Å²) in [5.41, 5.74) is 0. The largest absolute Gasteiger partial charge is 0.375 e. The van der Waals surface area contributed by atoms with E-state index in [1.165, 1.54) is 7.11 Å². The van der Waals surface area contributed by atoms with Crippen LogP contribution >= 0.6 is 0 Å². The number of nitrogens with zero attached hydrogens (tertiary/aromatic N) is 1. The Morgan fingerprint density at radius 3 is 2.40 bits per heavy atom. The van der Waals surface area contributed by atoms with E-state index in [1.807, 2.05) is 18.7 Å². The average molecular weight is 283 g/mol. The molecule has 2 saturated heterocycles. The van der Waals surface area contributed by atoms with Crippen molar-refractivity contribution in [2.75, 3.05) is 39.9 Å². The maximum Gasteiger partial charge on any atom is 0.246 e. The van der Waals surface area contributed by atoms with Gasteiger partial charge in [-0.05, 0) is 17.8 Å². The third kappa shape index (κ3) is 3.30. The van der Waals surface area contributed by atoms with E-state index < -0.39 is 6.04 Å². The molecule has 0 aromatic heterocycles. The van der Waals surface area contributed by atoms with E-state index in [2.05, 4.69) is 10.6 Å². The number of likely N-dealkylation sites (tertiary alicyclic amines) is 1. The molecule has 0 bridgehead atoms. The molecule has 2 aliphatic heterocycles.